The van der Waals surface area contributed by atoms with Crippen LogP contribution in [0, 0.1) is 29.6 Å². The lowest BCUT2D eigenvalue weighted by molar-refractivity contribution is -0.160. The Kier molecular flexibility index (Phi) is 2.53. The van der Waals surface area contributed by atoms with Crippen LogP contribution in [0.15, 0.2) is 0 Å². The van der Waals surface area contributed by atoms with Gasteiger partial charge in [-0.3, -0.25) is 4.79 Å². The lowest BCUT2D eigenvalue weighted by Gasteiger charge is -2.49. The van der Waals surface area contributed by atoms with Crippen molar-refractivity contribution < 1.29 is 9.53 Å². The third-order valence-electron chi connectivity index (χ3n) is 5.14. The number of carbonyl (C=O) groups is 1. The second-order valence-corrected chi connectivity index (χ2v) is 7.36. The number of hydrogen-bond acceptors (Lipinski definition) is 2. The first-order chi connectivity index (χ1) is 7.94. The minimum absolute atomic E-state index is 0.0244. The standard InChI is InChI=1S/C15H24O2/c1-15(2,3)17-14(16)8-13-10-5-4-9-6-11(10)12(13)7-9/h9-13H,4-8H2,1-3H3. The van der Waals surface area contributed by atoms with Gasteiger partial charge in [-0.2, -0.15) is 0 Å². The fourth-order valence-electron chi connectivity index (χ4n) is 4.66. The molecule has 0 amide bonds. The van der Waals surface area contributed by atoms with Gasteiger partial charge in [0.2, 0.25) is 0 Å². The first kappa shape index (κ1) is 11.6. The first-order valence-corrected chi connectivity index (χ1v) is 7.16. The van der Waals surface area contributed by atoms with E-state index in [0.717, 1.165) is 23.7 Å². The van der Waals surface area contributed by atoms with Gasteiger partial charge in [-0.05, 0) is 69.6 Å². The molecule has 2 bridgehead atoms. The number of esters is 1. The SMILES string of the molecule is CC(C)(C)OC(=O)CC1C2CCC3CC2C1C3. The van der Waals surface area contributed by atoms with E-state index < -0.39 is 0 Å². The summed E-state index contributed by atoms with van der Waals surface area (Å²) in [5.74, 6) is 4.36. The molecule has 5 unspecified atom stereocenters. The minimum atomic E-state index is -0.325. The molecule has 0 aliphatic heterocycles. The largest absolute Gasteiger partial charge is 0.460 e. The zero-order chi connectivity index (χ0) is 12.2. The van der Waals surface area contributed by atoms with Crippen LogP contribution in [0.25, 0.3) is 0 Å². The highest BCUT2D eigenvalue weighted by Crippen LogP contribution is 2.64. The molecule has 0 aromatic rings. The van der Waals surface area contributed by atoms with Crippen LogP contribution in [-0.4, -0.2) is 11.6 Å². The van der Waals surface area contributed by atoms with Crippen molar-refractivity contribution in [3.63, 3.8) is 0 Å². The predicted octanol–water partition coefficient (Wildman–Crippen LogP) is 3.40. The summed E-state index contributed by atoms with van der Waals surface area (Å²) < 4.78 is 5.46. The summed E-state index contributed by atoms with van der Waals surface area (Å²) in [6.45, 7) is 5.86. The first-order valence-electron chi connectivity index (χ1n) is 7.16. The van der Waals surface area contributed by atoms with Crippen molar-refractivity contribution in [3.05, 3.63) is 0 Å². The molecule has 0 aromatic carbocycles. The second kappa shape index (κ2) is 3.73. The summed E-state index contributed by atoms with van der Waals surface area (Å²) in [5.41, 5.74) is -0.325. The predicted molar refractivity (Wildman–Crippen MR) is 66.4 cm³/mol. The molecule has 3 fully saturated rings. The normalized spacial score (nSPS) is 43.1. The van der Waals surface area contributed by atoms with Gasteiger partial charge in [-0.1, -0.05) is 6.42 Å². The van der Waals surface area contributed by atoms with Gasteiger partial charge < -0.3 is 4.74 Å². The summed E-state index contributed by atoms with van der Waals surface area (Å²) in [6, 6.07) is 0. The second-order valence-electron chi connectivity index (χ2n) is 7.36. The van der Waals surface area contributed by atoms with E-state index in [0.29, 0.717) is 12.3 Å². The van der Waals surface area contributed by atoms with Crippen LogP contribution in [0.4, 0.5) is 0 Å². The van der Waals surface area contributed by atoms with Crippen LogP contribution in [0.1, 0.15) is 52.9 Å². The van der Waals surface area contributed by atoms with E-state index in [1.165, 1.54) is 25.7 Å². The van der Waals surface area contributed by atoms with Crippen LogP contribution in [-0.2, 0) is 9.53 Å². The lowest BCUT2D eigenvalue weighted by Crippen LogP contribution is -2.45. The maximum absolute atomic E-state index is 11.9. The molecular weight excluding hydrogens is 212 g/mol. The molecule has 0 radical (unpaired) electrons. The summed E-state index contributed by atoms with van der Waals surface area (Å²) in [7, 11) is 0. The Labute approximate surface area is 104 Å². The fraction of sp³-hybridized carbons (Fsp3) is 0.933. The van der Waals surface area contributed by atoms with Gasteiger partial charge in [-0.25, -0.2) is 0 Å². The van der Waals surface area contributed by atoms with Crippen molar-refractivity contribution in [2.45, 2.75) is 58.5 Å². The monoisotopic (exact) mass is 236 g/mol. The third kappa shape index (κ3) is 2.00. The Hall–Kier alpha value is -0.530. The highest BCUT2D eigenvalue weighted by molar-refractivity contribution is 5.70. The average Bonchev–Trinajstić information content (AvgIpc) is 2.36. The Morgan fingerprint density at radius 3 is 2.53 bits per heavy atom. The van der Waals surface area contributed by atoms with Crippen LogP contribution in [0.2, 0.25) is 0 Å². The molecule has 5 atom stereocenters. The fourth-order valence-corrected chi connectivity index (χ4v) is 4.66. The summed E-state index contributed by atoms with van der Waals surface area (Å²) in [6.07, 6.45) is 6.33. The highest BCUT2D eigenvalue weighted by atomic mass is 16.6. The maximum Gasteiger partial charge on any atom is 0.306 e. The molecule has 0 aromatic heterocycles. The summed E-state index contributed by atoms with van der Waals surface area (Å²) in [5, 5.41) is 0. The Morgan fingerprint density at radius 2 is 1.82 bits per heavy atom. The van der Waals surface area contributed by atoms with E-state index in [-0.39, 0.29) is 11.6 Å². The van der Waals surface area contributed by atoms with Gasteiger partial charge >= 0.3 is 5.97 Å². The van der Waals surface area contributed by atoms with Crippen LogP contribution in [0.3, 0.4) is 0 Å². The molecule has 96 valence electrons. The Bertz CT molecular complexity index is 322. The van der Waals surface area contributed by atoms with E-state index in [1.807, 2.05) is 20.8 Å². The van der Waals surface area contributed by atoms with Crippen LogP contribution in [0.5, 0.6) is 0 Å². The molecule has 0 N–H and O–H groups in total. The van der Waals surface area contributed by atoms with Crippen molar-refractivity contribution >= 4 is 5.97 Å². The van der Waals surface area contributed by atoms with Gasteiger partial charge in [0.1, 0.15) is 5.60 Å². The zero-order valence-electron chi connectivity index (χ0n) is 11.2. The summed E-state index contributed by atoms with van der Waals surface area (Å²) in [4.78, 5) is 11.9. The van der Waals surface area contributed by atoms with Crippen molar-refractivity contribution in [1.82, 2.24) is 0 Å². The number of fused-ring (bicyclic) bond motifs is 1. The molecule has 3 aliphatic carbocycles. The zero-order valence-corrected chi connectivity index (χ0v) is 11.2. The molecule has 2 nitrogen and oxygen atoms in total. The Balaban J connectivity index is 1.58. The van der Waals surface area contributed by atoms with Crippen LogP contribution < -0.4 is 0 Å². The molecule has 3 rings (SSSR count). The third-order valence-corrected chi connectivity index (χ3v) is 5.14. The van der Waals surface area contributed by atoms with Crippen molar-refractivity contribution in [3.8, 4) is 0 Å². The number of hydrogen-bond donors (Lipinski definition) is 0. The summed E-state index contributed by atoms with van der Waals surface area (Å²) >= 11 is 0. The molecular formula is C15H24O2. The van der Waals surface area contributed by atoms with E-state index in [9.17, 15) is 4.79 Å². The Morgan fingerprint density at radius 1 is 1.12 bits per heavy atom. The number of carbonyl (C=O) groups excluding carboxylic acids is 1. The molecule has 17 heavy (non-hydrogen) atoms. The number of rotatable bonds is 2. The highest BCUT2D eigenvalue weighted by Gasteiger charge is 2.57. The van der Waals surface area contributed by atoms with Crippen LogP contribution >= 0.6 is 0 Å². The van der Waals surface area contributed by atoms with Gasteiger partial charge in [0, 0.05) is 6.42 Å². The van der Waals surface area contributed by atoms with Gasteiger partial charge in [0.15, 0.2) is 0 Å². The minimum Gasteiger partial charge on any atom is -0.460 e. The molecule has 3 saturated carbocycles. The maximum atomic E-state index is 11.9. The van der Waals surface area contributed by atoms with Gasteiger partial charge in [-0.15, -0.1) is 0 Å². The number of ether oxygens (including phenoxy) is 1. The quantitative estimate of drug-likeness (QED) is 0.687. The van der Waals surface area contributed by atoms with E-state index in [4.69, 9.17) is 4.74 Å². The molecule has 3 aliphatic rings. The topological polar surface area (TPSA) is 26.3 Å². The van der Waals surface area contributed by atoms with Crippen molar-refractivity contribution in [1.29, 1.82) is 0 Å². The van der Waals surface area contributed by atoms with E-state index in [2.05, 4.69) is 0 Å². The smallest absolute Gasteiger partial charge is 0.306 e. The van der Waals surface area contributed by atoms with E-state index in [1.54, 1.807) is 0 Å². The van der Waals surface area contributed by atoms with Gasteiger partial charge in [0.25, 0.3) is 0 Å². The van der Waals surface area contributed by atoms with Gasteiger partial charge in [0.05, 0.1) is 0 Å². The lowest BCUT2D eigenvalue weighted by atomic mass is 9.55. The van der Waals surface area contributed by atoms with Crippen molar-refractivity contribution in [2.24, 2.45) is 29.6 Å². The average molecular weight is 236 g/mol. The van der Waals surface area contributed by atoms with Crippen molar-refractivity contribution in [2.75, 3.05) is 0 Å². The molecule has 0 spiro atoms. The molecule has 0 heterocycles. The molecule has 2 heteroatoms. The molecule has 0 saturated heterocycles. The van der Waals surface area contributed by atoms with E-state index >= 15 is 0 Å².